The van der Waals surface area contributed by atoms with E-state index in [-0.39, 0.29) is 29.6 Å². The number of hydrogen-bond donors (Lipinski definition) is 1. The van der Waals surface area contributed by atoms with Crippen molar-refractivity contribution in [2.45, 2.75) is 6.42 Å². The number of fused-ring (bicyclic) bond motifs is 3. The van der Waals surface area contributed by atoms with Gasteiger partial charge in [0.2, 0.25) is 5.91 Å². The number of esters is 1. The number of anilines is 1. The Bertz CT molecular complexity index is 648. The summed E-state index contributed by atoms with van der Waals surface area (Å²) in [6.07, 6.45) is -0.0728. The smallest absolute Gasteiger partial charge is 0.337 e. The molecule has 2 amide bonds. The van der Waals surface area contributed by atoms with Crippen molar-refractivity contribution in [3.63, 3.8) is 0 Å². The molecule has 1 aromatic rings. The van der Waals surface area contributed by atoms with Gasteiger partial charge in [-0.2, -0.15) is 0 Å². The van der Waals surface area contributed by atoms with Gasteiger partial charge in [0.05, 0.1) is 30.4 Å². The maximum atomic E-state index is 12.0. The van der Waals surface area contributed by atoms with Crippen LogP contribution in [-0.2, 0) is 14.3 Å². The van der Waals surface area contributed by atoms with Crippen LogP contribution in [0.25, 0.3) is 0 Å². The average molecular weight is 258 g/mol. The topological polar surface area (TPSA) is 75.7 Å². The molecule has 6 nitrogen and oxygen atoms in total. The monoisotopic (exact) mass is 258 g/mol. The molecule has 96 valence electrons. The van der Waals surface area contributed by atoms with Crippen LogP contribution in [0.15, 0.2) is 35.7 Å². The molecule has 19 heavy (non-hydrogen) atoms. The van der Waals surface area contributed by atoms with E-state index in [0.29, 0.717) is 11.3 Å². The number of rotatable bonds is 1. The molecule has 2 heterocycles. The van der Waals surface area contributed by atoms with Crippen molar-refractivity contribution in [1.29, 1.82) is 0 Å². The van der Waals surface area contributed by atoms with Crippen LogP contribution in [0, 0.1) is 0 Å². The number of amides is 2. The number of methoxy groups -OCH3 is 1. The number of benzene rings is 1. The minimum Gasteiger partial charge on any atom is -0.466 e. The number of carbonyl (C=O) groups is 3. The maximum Gasteiger partial charge on any atom is 0.337 e. The van der Waals surface area contributed by atoms with E-state index in [1.54, 1.807) is 24.3 Å². The molecule has 1 N–H and O–H groups in total. The highest BCUT2D eigenvalue weighted by Crippen LogP contribution is 2.35. The van der Waals surface area contributed by atoms with Gasteiger partial charge in [-0.1, -0.05) is 12.1 Å². The molecule has 0 saturated heterocycles. The van der Waals surface area contributed by atoms with E-state index in [4.69, 9.17) is 0 Å². The lowest BCUT2D eigenvalue weighted by molar-refractivity contribution is -0.136. The first-order chi connectivity index (χ1) is 9.13. The van der Waals surface area contributed by atoms with Crippen molar-refractivity contribution in [1.82, 2.24) is 5.32 Å². The van der Waals surface area contributed by atoms with Crippen LogP contribution in [0.2, 0.25) is 0 Å². The fourth-order valence-electron chi connectivity index (χ4n) is 2.29. The molecule has 0 spiro atoms. The second-order valence-corrected chi connectivity index (χ2v) is 4.20. The molecule has 0 saturated carbocycles. The van der Waals surface area contributed by atoms with Crippen molar-refractivity contribution >= 4 is 23.5 Å². The molecule has 2 aliphatic rings. The highest BCUT2D eigenvalue weighted by Gasteiger charge is 2.40. The van der Waals surface area contributed by atoms with E-state index in [2.05, 4.69) is 10.1 Å². The largest absolute Gasteiger partial charge is 0.466 e. The molecule has 0 radical (unpaired) electrons. The number of nitrogens with one attached hydrogen (secondary N) is 1. The molecule has 6 heteroatoms. The van der Waals surface area contributed by atoms with Gasteiger partial charge < -0.3 is 10.1 Å². The van der Waals surface area contributed by atoms with Gasteiger partial charge in [-0.15, -0.1) is 0 Å². The highest BCUT2D eigenvalue weighted by molar-refractivity contribution is 6.16. The quantitative estimate of drug-likeness (QED) is 0.746. The molecule has 1 aromatic carbocycles. The summed E-state index contributed by atoms with van der Waals surface area (Å²) >= 11 is 0. The summed E-state index contributed by atoms with van der Waals surface area (Å²) < 4.78 is 4.63. The number of ether oxygens (including phenoxy) is 1. The first-order valence-corrected chi connectivity index (χ1v) is 5.68. The Balaban J connectivity index is 2.19. The van der Waals surface area contributed by atoms with Crippen molar-refractivity contribution in [2.24, 2.45) is 0 Å². The minimum absolute atomic E-state index is 0.0728. The first kappa shape index (κ1) is 11.5. The van der Waals surface area contributed by atoms with Gasteiger partial charge in [0.25, 0.3) is 5.91 Å². The molecule has 0 atom stereocenters. The lowest BCUT2D eigenvalue weighted by Crippen LogP contribution is -2.41. The van der Waals surface area contributed by atoms with E-state index in [9.17, 15) is 14.4 Å². The lowest BCUT2D eigenvalue weighted by atomic mass is 10.1. The van der Waals surface area contributed by atoms with Gasteiger partial charge in [-0.3, -0.25) is 14.5 Å². The van der Waals surface area contributed by atoms with Crippen LogP contribution < -0.4 is 10.2 Å². The molecule has 0 unspecified atom stereocenters. The Morgan fingerprint density at radius 1 is 1.32 bits per heavy atom. The molecule has 3 rings (SSSR count). The summed E-state index contributed by atoms with van der Waals surface area (Å²) in [5.74, 6) is -0.994. The normalized spacial score (nSPS) is 17.0. The SMILES string of the molecule is COC(=O)C1=C2NC(=O)c3ccccc3N2C(=O)C1. The summed E-state index contributed by atoms with van der Waals surface area (Å²) in [4.78, 5) is 37.0. The van der Waals surface area contributed by atoms with Gasteiger partial charge in [0.15, 0.2) is 0 Å². The standard InChI is InChI=1S/C13H10N2O4/c1-19-13(18)8-6-10(16)15-9-5-3-2-4-7(9)12(17)14-11(8)15/h2-5H,6H2,1H3,(H,14,17). The third-order valence-electron chi connectivity index (χ3n) is 3.14. The van der Waals surface area contributed by atoms with E-state index < -0.39 is 5.97 Å². The molecule has 0 fully saturated rings. The number of carbonyl (C=O) groups excluding carboxylic acids is 3. The van der Waals surface area contributed by atoms with E-state index in [1.165, 1.54) is 12.0 Å². The Morgan fingerprint density at radius 2 is 2.05 bits per heavy atom. The summed E-state index contributed by atoms with van der Waals surface area (Å²) in [5.41, 5.74) is 1.08. The van der Waals surface area contributed by atoms with Crippen molar-refractivity contribution in [3.8, 4) is 0 Å². The van der Waals surface area contributed by atoms with Gasteiger partial charge in [0.1, 0.15) is 5.82 Å². The predicted molar refractivity (Wildman–Crippen MR) is 65.1 cm³/mol. The Morgan fingerprint density at radius 3 is 2.79 bits per heavy atom. The summed E-state index contributed by atoms with van der Waals surface area (Å²) in [7, 11) is 1.24. The number of nitrogens with zero attached hydrogens (tertiary/aromatic N) is 1. The van der Waals surface area contributed by atoms with Crippen molar-refractivity contribution < 1.29 is 19.1 Å². The van der Waals surface area contributed by atoms with Gasteiger partial charge >= 0.3 is 5.97 Å². The maximum absolute atomic E-state index is 12.0. The molecule has 2 aliphatic heterocycles. The Labute approximate surface area is 108 Å². The highest BCUT2D eigenvalue weighted by atomic mass is 16.5. The predicted octanol–water partition coefficient (Wildman–Crippen LogP) is 0.551. The molecule has 0 aliphatic carbocycles. The summed E-state index contributed by atoms with van der Waals surface area (Å²) in [5, 5.41) is 2.58. The molecular formula is C13H10N2O4. The minimum atomic E-state index is -0.606. The fraction of sp³-hybridized carbons (Fsp3) is 0.154. The number of para-hydroxylation sites is 1. The van der Waals surface area contributed by atoms with E-state index in [0.717, 1.165) is 0 Å². The fourth-order valence-corrected chi connectivity index (χ4v) is 2.29. The van der Waals surface area contributed by atoms with Crippen LogP contribution in [0.1, 0.15) is 16.8 Å². The molecular weight excluding hydrogens is 248 g/mol. The first-order valence-electron chi connectivity index (χ1n) is 5.68. The third-order valence-corrected chi connectivity index (χ3v) is 3.14. The zero-order valence-corrected chi connectivity index (χ0v) is 10.1. The second kappa shape index (κ2) is 3.94. The second-order valence-electron chi connectivity index (χ2n) is 4.20. The number of hydrogen-bond acceptors (Lipinski definition) is 4. The Kier molecular flexibility index (Phi) is 2.38. The van der Waals surface area contributed by atoms with Crippen LogP contribution in [0.3, 0.4) is 0 Å². The van der Waals surface area contributed by atoms with Crippen molar-refractivity contribution in [2.75, 3.05) is 12.0 Å². The van der Waals surface area contributed by atoms with Crippen molar-refractivity contribution in [3.05, 3.63) is 41.2 Å². The molecule has 0 aromatic heterocycles. The Hall–Kier alpha value is -2.63. The van der Waals surface area contributed by atoms with E-state index >= 15 is 0 Å². The lowest BCUT2D eigenvalue weighted by Gasteiger charge is -2.28. The summed E-state index contributed by atoms with van der Waals surface area (Å²) in [6.45, 7) is 0. The van der Waals surface area contributed by atoms with Crippen LogP contribution in [0.5, 0.6) is 0 Å². The van der Waals surface area contributed by atoms with E-state index in [1.807, 2.05) is 0 Å². The zero-order chi connectivity index (χ0) is 13.6. The molecule has 0 bridgehead atoms. The summed E-state index contributed by atoms with van der Waals surface area (Å²) in [6, 6.07) is 6.75. The zero-order valence-electron chi connectivity index (χ0n) is 10.1. The van der Waals surface area contributed by atoms with Crippen LogP contribution in [-0.4, -0.2) is 24.9 Å². The van der Waals surface area contributed by atoms with Gasteiger partial charge in [0, 0.05) is 0 Å². The van der Waals surface area contributed by atoms with Crippen LogP contribution in [0.4, 0.5) is 5.69 Å². The van der Waals surface area contributed by atoms with Crippen LogP contribution >= 0.6 is 0 Å². The van der Waals surface area contributed by atoms with Gasteiger partial charge in [-0.05, 0) is 12.1 Å². The third kappa shape index (κ3) is 1.53. The average Bonchev–Trinajstić information content (AvgIpc) is 2.75. The van der Waals surface area contributed by atoms with Gasteiger partial charge in [-0.25, -0.2) is 4.79 Å².